The second-order valence-electron chi connectivity index (χ2n) is 5.00. The predicted octanol–water partition coefficient (Wildman–Crippen LogP) is 1.29. The molecule has 1 fully saturated rings. The molecule has 0 bridgehead atoms. The fourth-order valence-corrected chi connectivity index (χ4v) is 3.95. The number of sulfonamides is 1. The van der Waals surface area contributed by atoms with Crippen LogP contribution >= 0.6 is 0 Å². The molecule has 1 saturated heterocycles. The Hall–Kier alpha value is -0.950. The molecule has 0 spiro atoms. The lowest BCUT2D eigenvalue weighted by atomic mass is 9.99. The summed E-state index contributed by atoms with van der Waals surface area (Å²) in [4.78, 5) is 5.01. The van der Waals surface area contributed by atoms with E-state index in [9.17, 15) is 8.42 Å². The first-order valence-corrected chi connectivity index (χ1v) is 7.86. The summed E-state index contributed by atoms with van der Waals surface area (Å²) in [6, 6.07) is 7.03. The molecule has 1 aliphatic heterocycles. The first-order chi connectivity index (χ1) is 9.04. The van der Waals surface area contributed by atoms with Gasteiger partial charge < -0.3 is 4.84 Å². The Morgan fingerprint density at radius 3 is 2.63 bits per heavy atom. The second-order valence-corrected chi connectivity index (χ2v) is 6.94. The first-order valence-electron chi connectivity index (χ1n) is 6.42. The van der Waals surface area contributed by atoms with Crippen molar-refractivity contribution in [2.24, 2.45) is 11.8 Å². The van der Waals surface area contributed by atoms with Crippen LogP contribution in [0.2, 0.25) is 0 Å². The van der Waals surface area contributed by atoms with Crippen molar-refractivity contribution < 1.29 is 13.3 Å². The first kappa shape index (κ1) is 14.5. The topological polar surface area (TPSA) is 72.6 Å². The lowest BCUT2D eigenvalue weighted by molar-refractivity contribution is 0.0805. The molecule has 1 aromatic rings. The highest BCUT2D eigenvalue weighted by Gasteiger charge is 2.29. The Morgan fingerprint density at radius 2 is 2.05 bits per heavy atom. The SMILES string of the molecule is Cc1cccc(S(=O)(=O)N2CCC(CON)CC2)c1. The van der Waals surface area contributed by atoms with E-state index in [-0.39, 0.29) is 0 Å². The minimum Gasteiger partial charge on any atom is -0.304 e. The summed E-state index contributed by atoms with van der Waals surface area (Å²) < 4.78 is 26.5. The predicted molar refractivity (Wildman–Crippen MR) is 72.8 cm³/mol. The zero-order valence-corrected chi connectivity index (χ0v) is 11.9. The smallest absolute Gasteiger partial charge is 0.243 e. The highest BCUT2D eigenvalue weighted by Crippen LogP contribution is 2.24. The van der Waals surface area contributed by atoms with Gasteiger partial charge in [0.25, 0.3) is 0 Å². The van der Waals surface area contributed by atoms with Crippen molar-refractivity contribution in [2.75, 3.05) is 19.7 Å². The van der Waals surface area contributed by atoms with Crippen LogP contribution in [0.15, 0.2) is 29.2 Å². The number of nitrogens with two attached hydrogens (primary N) is 1. The van der Waals surface area contributed by atoms with Gasteiger partial charge in [0.2, 0.25) is 10.0 Å². The standard InChI is InChI=1S/C13H20N2O3S/c1-11-3-2-4-13(9-11)19(16,17)15-7-5-12(6-8-15)10-18-14/h2-4,9,12H,5-8,10,14H2,1H3. The van der Waals surface area contributed by atoms with E-state index >= 15 is 0 Å². The third kappa shape index (κ3) is 3.33. The van der Waals surface area contributed by atoms with Gasteiger partial charge in [-0.1, -0.05) is 12.1 Å². The van der Waals surface area contributed by atoms with Gasteiger partial charge in [0.1, 0.15) is 0 Å². The van der Waals surface area contributed by atoms with Crippen LogP contribution in [0.1, 0.15) is 18.4 Å². The number of nitrogens with zero attached hydrogens (tertiary/aromatic N) is 1. The van der Waals surface area contributed by atoms with Gasteiger partial charge in [-0.25, -0.2) is 14.3 Å². The van der Waals surface area contributed by atoms with E-state index in [0.717, 1.165) is 18.4 Å². The van der Waals surface area contributed by atoms with Crippen LogP contribution < -0.4 is 5.90 Å². The average Bonchev–Trinajstić information content (AvgIpc) is 2.40. The Balaban J connectivity index is 2.10. The van der Waals surface area contributed by atoms with Crippen LogP contribution in [-0.4, -0.2) is 32.4 Å². The Kier molecular flexibility index (Phi) is 4.57. The fourth-order valence-electron chi connectivity index (χ4n) is 2.38. The minimum absolute atomic E-state index is 0.356. The van der Waals surface area contributed by atoms with Gasteiger partial charge in [-0.2, -0.15) is 4.31 Å². The molecule has 0 amide bonds. The Labute approximate surface area is 114 Å². The molecule has 106 valence electrons. The molecule has 0 saturated carbocycles. The van der Waals surface area contributed by atoms with Crippen molar-refractivity contribution >= 4 is 10.0 Å². The van der Waals surface area contributed by atoms with Crippen LogP contribution in [0, 0.1) is 12.8 Å². The van der Waals surface area contributed by atoms with Gasteiger partial charge in [-0.05, 0) is 43.4 Å². The summed E-state index contributed by atoms with van der Waals surface area (Å²) in [6.45, 7) is 3.46. The molecule has 6 heteroatoms. The normalized spacial score (nSPS) is 18.6. The monoisotopic (exact) mass is 284 g/mol. The summed E-state index contributed by atoms with van der Waals surface area (Å²) in [5, 5.41) is 0. The number of aryl methyl sites for hydroxylation is 1. The molecular formula is C13H20N2O3S. The zero-order valence-electron chi connectivity index (χ0n) is 11.1. The molecule has 1 heterocycles. The molecule has 0 aliphatic carbocycles. The number of hydrogen-bond donors (Lipinski definition) is 1. The van der Waals surface area contributed by atoms with Crippen molar-refractivity contribution in [3.63, 3.8) is 0 Å². The molecule has 2 rings (SSSR count). The molecule has 0 atom stereocenters. The molecule has 0 unspecified atom stereocenters. The largest absolute Gasteiger partial charge is 0.304 e. The van der Waals surface area contributed by atoms with E-state index < -0.39 is 10.0 Å². The third-order valence-electron chi connectivity index (χ3n) is 3.53. The number of hydrogen-bond acceptors (Lipinski definition) is 4. The van der Waals surface area contributed by atoms with Crippen LogP contribution in [0.4, 0.5) is 0 Å². The van der Waals surface area contributed by atoms with E-state index in [1.54, 1.807) is 22.5 Å². The molecular weight excluding hydrogens is 264 g/mol. The van der Waals surface area contributed by atoms with Gasteiger partial charge in [0.15, 0.2) is 0 Å². The molecule has 1 aliphatic rings. The van der Waals surface area contributed by atoms with E-state index in [0.29, 0.717) is 30.5 Å². The highest BCUT2D eigenvalue weighted by molar-refractivity contribution is 7.89. The number of benzene rings is 1. The minimum atomic E-state index is -3.36. The van der Waals surface area contributed by atoms with Gasteiger partial charge >= 0.3 is 0 Å². The van der Waals surface area contributed by atoms with Gasteiger partial charge in [0.05, 0.1) is 11.5 Å². The molecule has 5 nitrogen and oxygen atoms in total. The van der Waals surface area contributed by atoms with Crippen LogP contribution in [0.5, 0.6) is 0 Å². The van der Waals surface area contributed by atoms with Crippen LogP contribution in [-0.2, 0) is 14.9 Å². The summed E-state index contributed by atoms with van der Waals surface area (Å²) >= 11 is 0. The maximum absolute atomic E-state index is 12.5. The quantitative estimate of drug-likeness (QED) is 0.846. The van der Waals surface area contributed by atoms with Crippen LogP contribution in [0.25, 0.3) is 0 Å². The van der Waals surface area contributed by atoms with E-state index in [1.165, 1.54) is 0 Å². The lowest BCUT2D eigenvalue weighted by Crippen LogP contribution is -2.39. The highest BCUT2D eigenvalue weighted by atomic mass is 32.2. The maximum Gasteiger partial charge on any atom is 0.243 e. The molecule has 1 aromatic carbocycles. The Morgan fingerprint density at radius 1 is 1.37 bits per heavy atom. The number of rotatable bonds is 4. The van der Waals surface area contributed by atoms with Crippen molar-refractivity contribution in [1.82, 2.24) is 4.31 Å². The van der Waals surface area contributed by atoms with Gasteiger partial charge in [-0.15, -0.1) is 0 Å². The van der Waals surface area contributed by atoms with Crippen molar-refractivity contribution in [3.05, 3.63) is 29.8 Å². The maximum atomic E-state index is 12.5. The average molecular weight is 284 g/mol. The third-order valence-corrected chi connectivity index (χ3v) is 5.43. The summed E-state index contributed by atoms with van der Waals surface area (Å²) in [5.74, 6) is 5.41. The number of piperidine rings is 1. The summed E-state index contributed by atoms with van der Waals surface area (Å²) in [6.07, 6.45) is 1.59. The molecule has 0 aromatic heterocycles. The van der Waals surface area contributed by atoms with Gasteiger partial charge in [0, 0.05) is 13.1 Å². The van der Waals surface area contributed by atoms with Crippen LogP contribution in [0.3, 0.4) is 0 Å². The van der Waals surface area contributed by atoms with E-state index in [1.807, 2.05) is 13.0 Å². The molecule has 0 radical (unpaired) electrons. The summed E-state index contributed by atoms with van der Waals surface area (Å²) in [7, 11) is -3.36. The summed E-state index contributed by atoms with van der Waals surface area (Å²) in [5.41, 5.74) is 0.951. The molecule has 2 N–H and O–H groups in total. The van der Waals surface area contributed by atoms with Crippen molar-refractivity contribution in [3.8, 4) is 0 Å². The van der Waals surface area contributed by atoms with Gasteiger partial charge in [-0.3, -0.25) is 0 Å². The fraction of sp³-hybridized carbons (Fsp3) is 0.538. The van der Waals surface area contributed by atoms with E-state index in [4.69, 9.17) is 5.90 Å². The zero-order chi connectivity index (χ0) is 13.9. The van der Waals surface area contributed by atoms with Crippen molar-refractivity contribution in [1.29, 1.82) is 0 Å². The lowest BCUT2D eigenvalue weighted by Gasteiger charge is -2.30. The van der Waals surface area contributed by atoms with Crippen molar-refractivity contribution in [2.45, 2.75) is 24.7 Å². The second kappa shape index (κ2) is 6.00. The Bertz CT molecular complexity index is 522. The molecule has 19 heavy (non-hydrogen) atoms. The van der Waals surface area contributed by atoms with E-state index in [2.05, 4.69) is 4.84 Å².